The number of rotatable bonds is 1. The predicted octanol–water partition coefficient (Wildman–Crippen LogP) is 0.696. The van der Waals surface area contributed by atoms with E-state index >= 15 is 0 Å². The van der Waals surface area contributed by atoms with Gasteiger partial charge in [-0.25, -0.2) is 0 Å². The van der Waals surface area contributed by atoms with Gasteiger partial charge in [0.2, 0.25) is 5.91 Å². The van der Waals surface area contributed by atoms with Gasteiger partial charge in [0, 0.05) is 6.20 Å². The lowest BCUT2D eigenvalue weighted by molar-refractivity contribution is -0.121. The van der Waals surface area contributed by atoms with Gasteiger partial charge in [-0.2, -0.15) is 0 Å². The minimum atomic E-state index is -0.133. The number of carbonyl (C=O) groups excluding carboxylic acids is 2. The van der Waals surface area contributed by atoms with Gasteiger partial charge in [-0.05, 0) is 19.1 Å². The fraction of sp³-hybridized carbons (Fsp3) is 0.300. The third-order valence-corrected chi connectivity index (χ3v) is 2.25. The zero-order valence-electron chi connectivity index (χ0n) is 7.86. The summed E-state index contributed by atoms with van der Waals surface area (Å²) >= 11 is 0. The number of amides is 1. The molecule has 1 aliphatic heterocycles. The number of hydrogen-bond donors (Lipinski definition) is 0. The van der Waals surface area contributed by atoms with Gasteiger partial charge in [-0.1, -0.05) is 0 Å². The van der Waals surface area contributed by atoms with E-state index in [0.717, 1.165) is 11.4 Å². The van der Waals surface area contributed by atoms with Crippen molar-refractivity contribution < 1.29 is 9.59 Å². The Bertz CT molecular complexity index is 401. The van der Waals surface area contributed by atoms with Crippen LogP contribution in [0.4, 0.5) is 5.69 Å². The lowest BCUT2D eigenvalue weighted by Crippen LogP contribution is -2.25. The van der Waals surface area contributed by atoms with E-state index in [0.29, 0.717) is 0 Å². The molecule has 0 N–H and O–H groups in total. The van der Waals surface area contributed by atoms with Crippen molar-refractivity contribution in [3.05, 3.63) is 24.0 Å². The summed E-state index contributed by atoms with van der Waals surface area (Å²) in [5.74, 6) is -0.163. The van der Waals surface area contributed by atoms with Crippen molar-refractivity contribution in [2.45, 2.75) is 13.3 Å². The van der Waals surface area contributed by atoms with E-state index in [1.54, 1.807) is 18.3 Å². The van der Waals surface area contributed by atoms with E-state index in [1.807, 2.05) is 6.92 Å². The smallest absolute Gasteiger partial charge is 0.234 e. The predicted molar refractivity (Wildman–Crippen MR) is 51.0 cm³/mol. The van der Waals surface area contributed by atoms with Crippen LogP contribution in [0.3, 0.4) is 0 Å². The Labute approximate surface area is 81.6 Å². The molecule has 1 fully saturated rings. The number of nitrogens with zero attached hydrogens (tertiary/aromatic N) is 2. The molecule has 1 amide bonds. The molecule has 4 nitrogen and oxygen atoms in total. The number of ketones is 1. The van der Waals surface area contributed by atoms with E-state index in [9.17, 15) is 9.59 Å². The molecule has 0 saturated carbocycles. The van der Waals surface area contributed by atoms with Crippen LogP contribution in [0.1, 0.15) is 12.1 Å². The van der Waals surface area contributed by atoms with Gasteiger partial charge in [0.05, 0.1) is 24.3 Å². The zero-order chi connectivity index (χ0) is 10.1. The van der Waals surface area contributed by atoms with Crippen molar-refractivity contribution in [2.24, 2.45) is 0 Å². The standard InChI is InChI=1S/C10H10N2O2/c1-7-9(3-2-4-11-7)12-6-8(13)5-10(12)14/h2-4H,5-6H2,1H3. The molecule has 4 heteroatoms. The average Bonchev–Trinajstić information content (AvgIpc) is 2.46. The van der Waals surface area contributed by atoms with Crippen molar-refractivity contribution in [1.29, 1.82) is 0 Å². The fourth-order valence-corrected chi connectivity index (χ4v) is 1.57. The maximum atomic E-state index is 11.4. The molecular weight excluding hydrogens is 180 g/mol. The number of carbonyl (C=O) groups is 2. The van der Waals surface area contributed by atoms with Crippen molar-refractivity contribution in [3.63, 3.8) is 0 Å². The number of hydrogen-bond acceptors (Lipinski definition) is 3. The molecule has 0 aromatic carbocycles. The summed E-state index contributed by atoms with van der Waals surface area (Å²) in [5.41, 5.74) is 1.51. The summed E-state index contributed by atoms with van der Waals surface area (Å²) in [5, 5.41) is 0. The molecule has 0 radical (unpaired) electrons. The normalized spacial score (nSPS) is 16.5. The first-order chi connectivity index (χ1) is 6.68. The van der Waals surface area contributed by atoms with Crippen LogP contribution in [0.2, 0.25) is 0 Å². The van der Waals surface area contributed by atoms with Crippen LogP contribution >= 0.6 is 0 Å². The molecule has 1 aliphatic rings. The maximum Gasteiger partial charge on any atom is 0.234 e. The molecule has 14 heavy (non-hydrogen) atoms. The third-order valence-electron chi connectivity index (χ3n) is 2.25. The quantitative estimate of drug-likeness (QED) is 0.612. The molecule has 2 heterocycles. The lowest BCUT2D eigenvalue weighted by atomic mass is 10.3. The Morgan fingerprint density at radius 2 is 2.21 bits per heavy atom. The highest BCUT2D eigenvalue weighted by atomic mass is 16.2. The Morgan fingerprint density at radius 3 is 2.79 bits per heavy atom. The number of Topliss-reactive ketones (excluding diaryl/α,β-unsaturated/α-hetero) is 1. The largest absolute Gasteiger partial charge is 0.303 e. The van der Waals surface area contributed by atoms with Gasteiger partial charge in [0.1, 0.15) is 0 Å². The highest BCUT2D eigenvalue weighted by molar-refractivity contribution is 6.15. The molecule has 0 unspecified atom stereocenters. The van der Waals surface area contributed by atoms with Crippen LogP contribution in [-0.4, -0.2) is 23.2 Å². The van der Waals surface area contributed by atoms with Crippen molar-refractivity contribution in [3.8, 4) is 0 Å². The number of aromatic nitrogens is 1. The van der Waals surface area contributed by atoms with Gasteiger partial charge in [0.15, 0.2) is 5.78 Å². The van der Waals surface area contributed by atoms with Crippen LogP contribution in [0.25, 0.3) is 0 Å². The van der Waals surface area contributed by atoms with Gasteiger partial charge in [-0.15, -0.1) is 0 Å². The molecule has 0 aliphatic carbocycles. The third kappa shape index (κ3) is 1.39. The SMILES string of the molecule is Cc1ncccc1N1CC(=O)CC1=O. The van der Waals surface area contributed by atoms with Crippen LogP contribution in [0.15, 0.2) is 18.3 Å². The van der Waals surface area contributed by atoms with E-state index in [-0.39, 0.29) is 24.7 Å². The Morgan fingerprint density at radius 1 is 1.43 bits per heavy atom. The van der Waals surface area contributed by atoms with Crippen LogP contribution < -0.4 is 4.90 Å². The molecule has 0 spiro atoms. The summed E-state index contributed by atoms with van der Waals surface area (Å²) in [7, 11) is 0. The first kappa shape index (κ1) is 8.87. The summed E-state index contributed by atoms with van der Waals surface area (Å²) in [6, 6.07) is 3.57. The Hall–Kier alpha value is -1.71. The van der Waals surface area contributed by atoms with Crippen molar-refractivity contribution in [1.82, 2.24) is 4.98 Å². The van der Waals surface area contributed by atoms with E-state index in [4.69, 9.17) is 0 Å². The average molecular weight is 190 g/mol. The van der Waals surface area contributed by atoms with E-state index in [1.165, 1.54) is 4.90 Å². The van der Waals surface area contributed by atoms with Gasteiger partial charge in [-0.3, -0.25) is 14.6 Å². The monoisotopic (exact) mass is 190 g/mol. The molecule has 72 valence electrons. The molecule has 2 rings (SSSR count). The van der Waals surface area contributed by atoms with E-state index < -0.39 is 0 Å². The highest BCUT2D eigenvalue weighted by Crippen LogP contribution is 2.21. The van der Waals surface area contributed by atoms with Gasteiger partial charge in [0.25, 0.3) is 0 Å². The summed E-state index contributed by atoms with van der Waals surface area (Å²) in [6.07, 6.45) is 1.69. The van der Waals surface area contributed by atoms with Crippen LogP contribution in [0.5, 0.6) is 0 Å². The van der Waals surface area contributed by atoms with E-state index in [2.05, 4.69) is 4.98 Å². The number of anilines is 1. The van der Waals surface area contributed by atoms with Crippen LogP contribution in [-0.2, 0) is 9.59 Å². The Balaban J connectivity index is 2.36. The highest BCUT2D eigenvalue weighted by Gasteiger charge is 2.29. The van der Waals surface area contributed by atoms with Gasteiger partial charge >= 0.3 is 0 Å². The second-order valence-electron chi connectivity index (χ2n) is 3.30. The fourth-order valence-electron chi connectivity index (χ4n) is 1.57. The zero-order valence-corrected chi connectivity index (χ0v) is 7.86. The minimum absolute atomic E-state index is 0.0222. The molecular formula is C10H10N2O2. The van der Waals surface area contributed by atoms with Crippen LogP contribution in [0, 0.1) is 6.92 Å². The first-order valence-corrected chi connectivity index (χ1v) is 4.42. The van der Waals surface area contributed by atoms with Gasteiger partial charge < -0.3 is 4.90 Å². The molecule has 0 bridgehead atoms. The second-order valence-corrected chi connectivity index (χ2v) is 3.30. The molecule has 1 saturated heterocycles. The minimum Gasteiger partial charge on any atom is -0.303 e. The number of aryl methyl sites for hydroxylation is 1. The second kappa shape index (κ2) is 3.21. The topological polar surface area (TPSA) is 50.3 Å². The van der Waals surface area contributed by atoms with Crippen molar-refractivity contribution >= 4 is 17.4 Å². The maximum absolute atomic E-state index is 11.4. The van der Waals surface area contributed by atoms with Crippen molar-refractivity contribution in [2.75, 3.05) is 11.4 Å². The lowest BCUT2D eigenvalue weighted by Gasteiger charge is -2.15. The Kier molecular flexibility index (Phi) is 2.04. The molecule has 1 aromatic heterocycles. The summed E-state index contributed by atoms with van der Waals surface area (Å²) in [6.45, 7) is 2.01. The summed E-state index contributed by atoms with van der Waals surface area (Å²) in [4.78, 5) is 28.0. The number of pyridine rings is 1. The first-order valence-electron chi connectivity index (χ1n) is 4.42. The molecule has 1 aromatic rings. The molecule has 0 atom stereocenters. The summed E-state index contributed by atoms with van der Waals surface area (Å²) < 4.78 is 0.